The largest absolute Gasteiger partial charge is 0.384 e. The van der Waals surface area contributed by atoms with E-state index < -0.39 is 22.4 Å². The van der Waals surface area contributed by atoms with Gasteiger partial charge in [0.25, 0.3) is 0 Å². The van der Waals surface area contributed by atoms with Crippen LogP contribution in [0.25, 0.3) is 0 Å². The fraction of sp³-hybridized carbons (Fsp3) is 0.467. The second-order valence-electron chi connectivity index (χ2n) is 4.63. The molecule has 0 saturated carbocycles. The van der Waals surface area contributed by atoms with Crippen LogP contribution in [-0.4, -0.2) is 38.0 Å². The van der Waals surface area contributed by atoms with Gasteiger partial charge in [-0.25, -0.2) is 17.1 Å². The third-order valence-electron chi connectivity index (χ3n) is 3.01. The third-order valence-corrected chi connectivity index (χ3v) is 4.92. The van der Waals surface area contributed by atoms with E-state index >= 15 is 0 Å². The van der Waals surface area contributed by atoms with Crippen LogP contribution >= 0.6 is 0 Å². The van der Waals surface area contributed by atoms with Gasteiger partial charge in [0.1, 0.15) is 12.4 Å². The number of halogens is 1. The number of sulfonamides is 1. The van der Waals surface area contributed by atoms with Crippen molar-refractivity contribution < 1.29 is 17.9 Å². The standard InChI is InChI=1S/C15H20FNO3S/c1-3-4-5-10-17(2)21(19,20)15-9-8-14(16)12-13(15)7-6-11-18/h8-9,12,18H,3-5,10-11H2,1-2H3. The molecule has 0 aliphatic heterocycles. The van der Waals surface area contributed by atoms with Crippen LogP contribution in [0.4, 0.5) is 4.39 Å². The van der Waals surface area contributed by atoms with Crippen molar-refractivity contribution in [3.8, 4) is 11.8 Å². The average molecular weight is 313 g/mol. The highest BCUT2D eigenvalue weighted by Gasteiger charge is 2.23. The Bertz CT molecular complexity index is 632. The molecule has 1 N–H and O–H groups in total. The fourth-order valence-corrected chi connectivity index (χ4v) is 3.17. The molecule has 0 spiro atoms. The predicted octanol–water partition coefficient (Wildman–Crippen LogP) is 1.98. The first kappa shape index (κ1) is 17.6. The molecule has 0 amide bonds. The van der Waals surface area contributed by atoms with Gasteiger partial charge in [0.05, 0.1) is 4.90 Å². The number of nitrogens with zero attached hydrogens (tertiary/aromatic N) is 1. The molecular formula is C15H20FNO3S. The van der Waals surface area contributed by atoms with Crippen LogP contribution in [0.1, 0.15) is 31.7 Å². The summed E-state index contributed by atoms with van der Waals surface area (Å²) in [6, 6.07) is 3.37. The van der Waals surface area contributed by atoms with Crippen molar-refractivity contribution in [3.63, 3.8) is 0 Å². The van der Waals surface area contributed by atoms with E-state index in [0.29, 0.717) is 6.54 Å². The fourth-order valence-electron chi connectivity index (χ4n) is 1.83. The average Bonchev–Trinajstić information content (AvgIpc) is 2.45. The lowest BCUT2D eigenvalue weighted by molar-refractivity contribution is 0.350. The molecule has 0 saturated heterocycles. The number of benzene rings is 1. The van der Waals surface area contributed by atoms with Gasteiger partial charge in [-0.15, -0.1) is 0 Å². The SMILES string of the molecule is CCCCCN(C)S(=O)(=O)c1ccc(F)cc1C#CCO. The Labute approximate surface area is 125 Å². The number of hydrogen-bond donors (Lipinski definition) is 1. The van der Waals surface area contributed by atoms with Gasteiger partial charge >= 0.3 is 0 Å². The van der Waals surface area contributed by atoms with E-state index in [1.165, 1.54) is 17.4 Å². The minimum Gasteiger partial charge on any atom is -0.384 e. The quantitative estimate of drug-likeness (QED) is 0.645. The molecule has 0 heterocycles. The summed E-state index contributed by atoms with van der Waals surface area (Å²) in [6.07, 6.45) is 2.71. The highest BCUT2D eigenvalue weighted by molar-refractivity contribution is 7.89. The Kier molecular flexibility index (Phi) is 6.82. The second kappa shape index (κ2) is 8.13. The van der Waals surface area contributed by atoms with Crippen molar-refractivity contribution in [2.24, 2.45) is 0 Å². The van der Waals surface area contributed by atoms with E-state index in [4.69, 9.17) is 5.11 Å². The van der Waals surface area contributed by atoms with E-state index in [1.54, 1.807) is 0 Å². The first-order valence-electron chi connectivity index (χ1n) is 6.79. The van der Waals surface area contributed by atoms with Crippen molar-refractivity contribution in [2.75, 3.05) is 20.2 Å². The summed E-state index contributed by atoms with van der Waals surface area (Å²) < 4.78 is 39.5. The number of aliphatic hydroxyl groups is 1. The molecule has 0 unspecified atom stereocenters. The Morgan fingerprint density at radius 3 is 2.67 bits per heavy atom. The van der Waals surface area contributed by atoms with Gasteiger partial charge in [-0.05, 0) is 24.6 Å². The summed E-state index contributed by atoms with van der Waals surface area (Å²) in [5.41, 5.74) is 0.0615. The van der Waals surface area contributed by atoms with Gasteiger partial charge in [-0.3, -0.25) is 0 Å². The molecule has 0 aliphatic carbocycles. The van der Waals surface area contributed by atoms with Crippen LogP contribution in [0, 0.1) is 17.7 Å². The Morgan fingerprint density at radius 1 is 1.33 bits per heavy atom. The molecule has 6 heteroatoms. The highest BCUT2D eigenvalue weighted by Crippen LogP contribution is 2.20. The van der Waals surface area contributed by atoms with E-state index in [9.17, 15) is 12.8 Å². The lowest BCUT2D eigenvalue weighted by Gasteiger charge is -2.18. The Hall–Kier alpha value is -1.42. The normalized spacial score (nSPS) is 11.3. The van der Waals surface area contributed by atoms with Crippen LogP contribution < -0.4 is 0 Å². The topological polar surface area (TPSA) is 57.6 Å². The van der Waals surface area contributed by atoms with Crippen LogP contribution in [0.2, 0.25) is 0 Å². The number of rotatable bonds is 6. The number of unbranched alkanes of at least 4 members (excludes halogenated alkanes) is 2. The summed E-state index contributed by atoms with van der Waals surface area (Å²) in [6.45, 7) is 2.03. The van der Waals surface area contributed by atoms with Crippen LogP contribution in [0.15, 0.2) is 23.1 Å². The van der Waals surface area contributed by atoms with Crippen LogP contribution in [0.5, 0.6) is 0 Å². The predicted molar refractivity (Wildman–Crippen MR) is 79.7 cm³/mol. The molecule has 21 heavy (non-hydrogen) atoms. The van der Waals surface area contributed by atoms with Crippen LogP contribution in [-0.2, 0) is 10.0 Å². The number of aliphatic hydroxyl groups excluding tert-OH is 1. The van der Waals surface area contributed by atoms with Gasteiger partial charge in [0, 0.05) is 19.2 Å². The van der Waals surface area contributed by atoms with Gasteiger partial charge < -0.3 is 5.11 Å². The van der Waals surface area contributed by atoms with Crippen molar-refractivity contribution in [3.05, 3.63) is 29.6 Å². The first-order chi connectivity index (χ1) is 9.93. The van der Waals surface area contributed by atoms with Crippen molar-refractivity contribution in [1.29, 1.82) is 0 Å². The van der Waals surface area contributed by atoms with E-state index in [0.717, 1.165) is 31.4 Å². The number of hydrogen-bond acceptors (Lipinski definition) is 3. The lowest BCUT2D eigenvalue weighted by Crippen LogP contribution is -2.28. The maximum absolute atomic E-state index is 13.3. The molecule has 0 aliphatic rings. The molecule has 1 aromatic carbocycles. The molecule has 116 valence electrons. The maximum atomic E-state index is 13.3. The Balaban J connectivity index is 3.12. The summed E-state index contributed by atoms with van der Waals surface area (Å²) in [4.78, 5) is -0.0381. The first-order valence-corrected chi connectivity index (χ1v) is 8.23. The minimum atomic E-state index is -3.71. The Morgan fingerprint density at radius 2 is 2.05 bits per heavy atom. The molecule has 1 rings (SSSR count). The summed E-state index contributed by atoms with van der Waals surface area (Å²) >= 11 is 0. The molecule has 0 fully saturated rings. The smallest absolute Gasteiger partial charge is 0.244 e. The summed E-state index contributed by atoms with van der Waals surface area (Å²) in [5, 5.41) is 8.72. The minimum absolute atomic E-state index is 0.0381. The molecule has 0 radical (unpaired) electrons. The van der Waals surface area contributed by atoms with E-state index in [2.05, 4.69) is 11.8 Å². The van der Waals surface area contributed by atoms with Crippen molar-refractivity contribution >= 4 is 10.0 Å². The third kappa shape index (κ3) is 4.81. The molecule has 0 aromatic heterocycles. The zero-order chi connectivity index (χ0) is 15.9. The molecular weight excluding hydrogens is 293 g/mol. The summed E-state index contributed by atoms with van der Waals surface area (Å²) in [5.74, 6) is 4.27. The van der Waals surface area contributed by atoms with Gasteiger partial charge in [0.15, 0.2) is 0 Å². The molecule has 0 atom stereocenters. The van der Waals surface area contributed by atoms with E-state index in [1.807, 2.05) is 6.92 Å². The zero-order valence-corrected chi connectivity index (χ0v) is 13.1. The van der Waals surface area contributed by atoms with Crippen molar-refractivity contribution in [1.82, 2.24) is 4.31 Å². The second-order valence-corrected chi connectivity index (χ2v) is 6.65. The highest BCUT2D eigenvalue weighted by atomic mass is 32.2. The maximum Gasteiger partial charge on any atom is 0.244 e. The van der Waals surface area contributed by atoms with Crippen LogP contribution in [0.3, 0.4) is 0 Å². The van der Waals surface area contributed by atoms with Crippen molar-refractivity contribution in [2.45, 2.75) is 31.1 Å². The lowest BCUT2D eigenvalue weighted by atomic mass is 10.2. The zero-order valence-electron chi connectivity index (χ0n) is 12.3. The van der Waals surface area contributed by atoms with Gasteiger partial charge in [-0.1, -0.05) is 31.6 Å². The van der Waals surface area contributed by atoms with E-state index in [-0.39, 0.29) is 10.5 Å². The molecule has 0 bridgehead atoms. The van der Waals surface area contributed by atoms with Gasteiger partial charge in [0.2, 0.25) is 10.0 Å². The van der Waals surface area contributed by atoms with Gasteiger partial charge in [-0.2, -0.15) is 0 Å². The monoisotopic (exact) mass is 313 g/mol. The summed E-state index contributed by atoms with van der Waals surface area (Å²) in [7, 11) is -2.22. The molecule has 4 nitrogen and oxygen atoms in total. The molecule has 1 aromatic rings.